The largest absolute Gasteiger partial charge is 0.329 e. The van der Waals surface area contributed by atoms with Crippen molar-refractivity contribution < 1.29 is 12.8 Å². The number of rotatable bonds is 5. The van der Waals surface area contributed by atoms with Gasteiger partial charge in [-0.15, -0.1) is 0 Å². The van der Waals surface area contributed by atoms with E-state index in [9.17, 15) is 12.8 Å². The lowest BCUT2D eigenvalue weighted by molar-refractivity contribution is 0.554. The highest BCUT2D eigenvalue weighted by molar-refractivity contribution is 7.90. The number of benzene rings is 1. The Balaban J connectivity index is 2.79. The van der Waals surface area contributed by atoms with Crippen LogP contribution in [0.3, 0.4) is 0 Å². The van der Waals surface area contributed by atoms with Crippen molar-refractivity contribution in [2.45, 2.75) is 25.1 Å². The molecule has 2 atom stereocenters. The van der Waals surface area contributed by atoms with Gasteiger partial charge < -0.3 is 5.73 Å². The smallest absolute Gasteiger partial charge is 0.216 e. The van der Waals surface area contributed by atoms with Gasteiger partial charge in [-0.2, -0.15) is 0 Å². The minimum Gasteiger partial charge on any atom is -0.329 e. The molecule has 0 heterocycles. The summed E-state index contributed by atoms with van der Waals surface area (Å²) < 4.78 is 38.7. The summed E-state index contributed by atoms with van der Waals surface area (Å²) in [5.41, 5.74) is 6.03. The molecule has 0 fully saturated rings. The summed E-state index contributed by atoms with van der Waals surface area (Å²) in [5, 5.41) is -0.648. The topological polar surface area (TPSA) is 72.2 Å². The molecule has 0 radical (unpaired) electrons. The fraction of sp³-hybridized carbons (Fsp3) is 0.455. The second-order valence-corrected chi connectivity index (χ2v) is 6.11. The summed E-state index contributed by atoms with van der Waals surface area (Å²) in [6.45, 7) is 3.30. The molecule has 0 aliphatic heterocycles. The standard InChI is InChI=1S/C11H17FN2O2S/c1-8(7-13)17(15,16)14-9(2)10-3-5-11(12)6-4-10/h3-6,8-9,14H,7,13H2,1-2H3. The molecule has 0 aliphatic rings. The van der Waals surface area contributed by atoms with E-state index in [-0.39, 0.29) is 12.4 Å². The van der Waals surface area contributed by atoms with Crippen molar-refractivity contribution in [3.05, 3.63) is 35.6 Å². The predicted octanol–water partition coefficient (Wildman–Crippen LogP) is 1.15. The van der Waals surface area contributed by atoms with Gasteiger partial charge in [-0.05, 0) is 31.5 Å². The monoisotopic (exact) mass is 260 g/mol. The minimum atomic E-state index is -3.44. The van der Waals surface area contributed by atoms with E-state index in [0.29, 0.717) is 5.56 Å². The number of hydrogen-bond donors (Lipinski definition) is 2. The molecule has 1 aromatic rings. The minimum absolute atomic E-state index is 0.0610. The van der Waals surface area contributed by atoms with E-state index in [2.05, 4.69) is 4.72 Å². The van der Waals surface area contributed by atoms with Crippen LogP contribution in [-0.2, 0) is 10.0 Å². The number of hydrogen-bond acceptors (Lipinski definition) is 3. The molecule has 4 nitrogen and oxygen atoms in total. The van der Waals surface area contributed by atoms with Gasteiger partial charge in [0.2, 0.25) is 10.0 Å². The van der Waals surface area contributed by atoms with Gasteiger partial charge in [-0.3, -0.25) is 0 Å². The number of nitrogens with one attached hydrogen (secondary N) is 1. The van der Waals surface area contributed by atoms with E-state index in [1.54, 1.807) is 26.0 Å². The van der Waals surface area contributed by atoms with Crippen molar-refractivity contribution in [2.24, 2.45) is 5.73 Å². The maximum Gasteiger partial charge on any atom is 0.216 e. The van der Waals surface area contributed by atoms with Gasteiger partial charge in [0.1, 0.15) is 5.82 Å². The van der Waals surface area contributed by atoms with Crippen molar-refractivity contribution in [1.82, 2.24) is 4.72 Å². The van der Waals surface area contributed by atoms with Crippen molar-refractivity contribution in [1.29, 1.82) is 0 Å². The third-order valence-electron chi connectivity index (χ3n) is 2.57. The van der Waals surface area contributed by atoms with E-state index in [1.165, 1.54) is 12.1 Å². The number of nitrogens with two attached hydrogens (primary N) is 1. The zero-order valence-electron chi connectivity index (χ0n) is 9.85. The Morgan fingerprint density at radius 1 is 1.29 bits per heavy atom. The van der Waals surface area contributed by atoms with Crippen LogP contribution < -0.4 is 10.5 Å². The average Bonchev–Trinajstić information content (AvgIpc) is 2.28. The summed E-state index contributed by atoms with van der Waals surface area (Å²) in [4.78, 5) is 0. The van der Waals surface area contributed by atoms with Crippen LogP contribution in [0.2, 0.25) is 0 Å². The number of sulfonamides is 1. The first-order chi connectivity index (χ1) is 7.86. The lowest BCUT2D eigenvalue weighted by Gasteiger charge is -2.17. The predicted molar refractivity (Wildman–Crippen MR) is 65.4 cm³/mol. The number of halogens is 1. The summed E-state index contributed by atoms with van der Waals surface area (Å²) in [5.74, 6) is -0.348. The van der Waals surface area contributed by atoms with Gasteiger partial charge in [-0.25, -0.2) is 17.5 Å². The normalized spacial score (nSPS) is 15.5. The highest BCUT2D eigenvalue weighted by atomic mass is 32.2. The van der Waals surface area contributed by atoms with E-state index in [4.69, 9.17) is 5.73 Å². The molecule has 3 N–H and O–H groups in total. The Bertz CT molecular complexity index is 459. The van der Waals surface area contributed by atoms with Crippen LogP contribution in [0.25, 0.3) is 0 Å². The molecular weight excluding hydrogens is 243 g/mol. The first kappa shape index (κ1) is 14.1. The quantitative estimate of drug-likeness (QED) is 0.834. The Kier molecular flexibility index (Phi) is 4.62. The van der Waals surface area contributed by atoms with Crippen LogP contribution in [0.4, 0.5) is 4.39 Å². The van der Waals surface area contributed by atoms with Gasteiger partial charge in [0, 0.05) is 12.6 Å². The van der Waals surface area contributed by atoms with Crippen LogP contribution >= 0.6 is 0 Å². The summed E-state index contributed by atoms with van der Waals surface area (Å²) in [6.07, 6.45) is 0. The third kappa shape index (κ3) is 3.76. The maximum atomic E-state index is 12.7. The summed E-state index contributed by atoms with van der Waals surface area (Å²) in [7, 11) is -3.44. The Morgan fingerprint density at radius 2 is 1.82 bits per heavy atom. The molecule has 0 saturated heterocycles. The molecule has 0 bridgehead atoms. The van der Waals surface area contributed by atoms with Gasteiger partial charge in [0.25, 0.3) is 0 Å². The van der Waals surface area contributed by atoms with Crippen LogP contribution in [-0.4, -0.2) is 20.2 Å². The molecule has 1 aromatic carbocycles. The van der Waals surface area contributed by atoms with E-state index < -0.39 is 21.3 Å². The molecule has 17 heavy (non-hydrogen) atoms. The van der Waals surface area contributed by atoms with Crippen molar-refractivity contribution in [2.75, 3.05) is 6.54 Å². The zero-order valence-corrected chi connectivity index (χ0v) is 10.7. The van der Waals surface area contributed by atoms with Crippen LogP contribution in [0, 0.1) is 5.82 Å². The Morgan fingerprint density at radius 3 is 2.29 bits per heavy atom. The fourth-order valence-corrected chi connectivity index (χ4v) is 2.42. The lowest BCUT2D eigenvalue weighted by atomic mass is 10.1. The molecule has 0 amide bonds. The first-order valence-corrected chi connectivity index (χ1v) is 6.88. The van der Waals surface area contributed by atoms with Crippen LogP contribution in [0.5, 0.6) is 0 Å². The van der Waals surface area contributed by atoms with Gasteiger partial charge in [0.05, 0.1) is 5.25 Å². The van der Waals surface area contributed by atoms with Crippen molar-refractivity contribution in [3.63, 3.8) is 0 Å². The second kappa shape index (κ2) is 5.57. The van der Waals surface area contributed by atoms with E-state index in [1.807, 2.05) is 0 Å². The maximum absolute atomic E-state index is 12.7. The summed E-state index contributed by atoms with van der Waals surface area (Å²) >= 11 is 0. The van der Waals surface area contributed by atoms with Crippen molar-refractivity contribution >= 4 is 10.0 Å². The molecule has 0 spiro atoms. The summed E-state index contributed by atoms with van der Waals surface area (Å²) in [6, 6.07) is 5.29. The molecule has 0 aromatic heterocycles. The van der Waals surface area contributed by atoms with E-state index >= 15 is 0 Å². The Labute approximate surface area is 101 Å². The Hall–Kier alpha value is -0.980. The average molecular weight is 260 g/mol. The zero-order chi connectivity index (χ0) is 13.1. The molecule has 1 rings (SSSR count). The molecule has 6 heteroatoms. The lowest BCUT2D eigenvalue weighted by Crippen LogP contribution is -2.38. The van der Waals surface area contributed by atoms with Gasteiger partial charge in [-0.1, -0.05) is 12.1 Å². The van der Waals surface area contributed by atoms with Gasteiger partial charge >= 0.3 is 0 Å². The third-order valence-corrected chi connectivity index (χ3v) is 4.51. The van der Waals surface area contributed by atoms with Crippen molar-refractivity contribution in [3.8, 4) is 0 Å². The molecule has 0 aliphatic carbocycles. The first-order valence-electron chi connectivity index (χ1n) is 5.33. The van der Waals surface area contributed by atoms with Crippen LogP contribution in [0.1, 0.15) is 25.5 Å². The molecular formula is C11H17FN2O2S. The fourth-order valence-electron chi connectivity index (χ4n) is 1.31. The second-order valence-electron chi connectivity index (χ2n) is 3.98. The highest BCUT2D eigenvalue weighted by Gasteiger charge is 2.21. The van der Waals surface area contributed by atoms with Crippen LogP contribution in [0.15, 0.2) is 24.3 Å². The highest BCUT2D eigenvalue weighted by Crippen LogP contribution is 2.14. The molecule has 0 saturated carbocycles. The SMILES string of the molecule is CC(NS(=O)(=O)C(C)CN)c1ccc(F)cc1. The molecule has 96 valence electrons. The van der Waals surface area contributed by atoms with E-state index in [0.717, 1.165) is 0 Å². The van der Waals surface area contributed by atoms with Gasteiger partial charge in [0.15, 0.2) is 0 Å². The molecule has 2 unspecified atom stereocenters.